The number of alkyl halides is 3. The van der Waals surface area contributed by atoms with Gasteiger partial charge in [-0.2, -0.15) is 13.2 Å². The average molecular weight is 370 g/mol. The Morgan fingerprint density at radius 2 is 1.61 bits per heavy atom. The number of nitrogens with zero attached hydrogens (tertiary/aromatic N) is 1. The zero-order chi connectivity index (χ0) is 15.8. The molecule has 0 atom stereocenters. The van der Waals surface area contributed by atoms with Crippen molar-refractivity contribution in [1.29, 1.82) is 0 Å². The summed E-state index contributed by atoms with van der Waals surface area (Å²) >= 11 is 0. The van der Waals surface area contributed by atoms with Gasteiger partial charge in [-0.1, -0.05) is 6.07 Å². The Labute approximate surface area is 141 Å². The second-order valence-electron chi connectivity index (χ2n) is 4.33. The average Bonchev–Trinajstić information content (AvgIpc) is 2.39. The molecular formula is C13H12Cl2F3N3O2. The molecule has 2 aromatic rings. The maximum atomic E-state index is 12.7. The molecule has 0 fully saturated rings. The van der Waals surface area contributed by atoms with Crippen LogP contribution in [0.3, 0.4) is 0 Å². The topological polar surface area (TPSA) is 95.2 Å². The maximum Gasteiger partial charge on any atom is 0.422 e. The molecule has 0 radical (unpaired) electrons. The summed E-state index contributed by atoms with van der Waals surface area (Å²) in [6, 6.07) is 7.08. The first-order valence-electron chi connectivity index (χ1n) is 5.71. The Kier molecular flexibility index (Phi) is 6.68. The maximum absolute atomic E-state index is 12.7. The quantitative estimate of drug-likeness (QED) is 0.468. The van der Waals surface area contributed by atoms with Gasteiger partial charge in [0.05, 0.1) is 4.92 Å². The number of benzene rings is 2. The molecule has 0 aliphatic rings. The number of halogens is 5. The number of hydrogen-bond acceptors (Lipinski definition) is 4. The minimum atomic E-state index is -4.80. The van der Waals surface area contributed by atoms with Gasteiger partial charge in [-0.05, 0) is 29.8 Å². The molecule has 0 aromatic heterocycles. The van der Waals surface area contributed by atoms with Crippen molar-refractivity contribution < 1.29 is 18.1 Å². The van der Waals surface area contributed by atoms with Crippen LogP contribution in [0, 0.1) is 10.1 Å². The van der Waals surface area contributed by atoms with Crippen molar-refractivity contribution >= 4 is 41.9 Å². The van der Waals surface area contributed by atoms with Gasteiger partial charge in [0, 0.05) is 23.0 Å². The van der Waals surface area contributed by atoms with Crippen LogP contribution in [0.15, 0.2) is 36.4 Å². The molecule has 0 bridgehead atoms. The van der Waals surface area contributed by atoms with Gasteiger partial charge in [0.2, 0.25) is 0 Å². The molecule has 126 valence electrons. The smallest absolute Gasteiger partial charge is 0.399 e. The van der Waals surface area contributed by atoms with E-state index in [1.807, 2.05) is 0 Å². The highest BCUT2D eigenvalue weighted by Crippen LogP contribution is 2.39. The Balaban J connectivity index is 0.00000242. The molecule has 0 unspecified atom stereocenters. The van der Waals surface area contributed by atoms with Gasteiger partial charge < -0.3 is 11.5 Å². The predicted molar refractivity (Wildman–Crippen MR) is 86.9 cm³/mol. The van der Waals surface area contributed by atoms with Crippen LogP contribution in [0.1, 0.15) is 5.56 Å². The van der Waals surface area contributed by atoms with Crippen molar-refractivity contribution in [3.63, 3.8) is 0 Å². The van der Waals surface area contributed by atoms with E-state index < -0.39 is 22.4 Å². The third kappa shape index (κ3) is 4.40. The molecule has 0 heterocycles. The first-order valence-corrected chi connectivity index (χ1v) is 5.71. The van der Waals surface area contributed by atoms with Gasteiger partial charge in [-0.25, -0.2) is 0 Å². The van der Waals surface area contributed by atoms with Gasteiger partial charge in [-0.15, -0.1) is 24.8 Å². The van der Waals surface area contributed by atoms with Crippen molar-refractivity contribution in [1.82, 2.24) is 0 Å². The monoisotopic (exact) mass is 369 g/mol. The van der Waals surface area contributed by atoms with E-state index in [-0.39, 0.29) is 36.1 Å². The summed E-state index contributed by atoms with van der Waals surface area (Å²) in [5.74, 6) is 0. The third-order valence-corrected chi connectivity index (χ3v) is 2.89. The number of hydrogen-bond donors (Lipinski definition) is 2. The standard InChI is InChI=1S/C13H10F3N3O2.2ClH/c14-13(15,16)10-3-1-7(5-12(10)19(20)21)9-6-8(17)2-4-11(9)18;;/h1-6H,17-18H2;2*1H. The molecule has 0 amide bonds. The van der Waals surface area contributed by atoms with Crippen LogP contribution in [0.4, 0.5) is 30.2 Å². The Morgan fingerprint density at radius 3 is 2.13 bits per heavy atom. The molecule has 5 nitrogen and oxygen atoms in total. The molecule has 4 N–H and O–H groups in total. The van der Waals surface area contributed by atoms with E-state index in [1.165, 1.54) is 18.2 Å². The van der Waals surface area contributed by atoms with Crippen molar-refractivity contribution in [3.8, 4) is 11.1 Å². The van der Waals surface area contributed by atoms with E-state index in [0.29, 0.717) is 17.3 Å². The summed E-state index contributed by atoms with van der Waals surface area (Å²) in [4.78, 5) is 9.78. The number of anilines is 2. The van der Waals surface area contributed by atoms with Crippen molar-refractivity contribution in [2.24, 2.45) is 0 Å². The highest BCUT2D eigenvalue weighted by atomic mass is 35.5. The van der Waals surface area contributed by atoms with E-state index in [2.05, 4.69) is 0 Å². The molecule has 0 saturated carbocycles. The SMILES string of the molecule is Cl.Cl.Nc1ccc(N)c(-c2ccc(C(F)(F)F)c([N+](=O)[O-])c2)c1. The summed E-state index contributed by atoms with van der Waals surface area (Å²) in [6.07, 6.45) is -4.80. The lowest BCUT2D eigenvalue weighted by atomic mass is 10.00. The molecule has 23 heavy (non-hydrogen) atoms. The second kappa shape index (κ2) is 7.38. The summed E-state index contributed by atoms with van der Waals surface area (Å²) in [5.41, 5.74) is 10.1. The van der Waals surface area contributed by atoms with E-state index in [4.69, 9.17) is 11.5 Å². The van der Waals surface area contributed by atoms with Gasteiger partial charge in [0.15, 0.2) is 0 Å². The third-order valence-electron chi connectivity index (χ3n) is 2.89. The number of nitro groups is 1. The number of nitrogen functional groups attached to an aromatic ring is 2. The number of rotatable bonds is 2. The number of nitrogens with two attached hydrogens (primary N) is 2. The Bertz CT molecular complexity index is 724. The summed E-state index contributed by atoms with van der Waals surface area (Å²) in [5, 5.41) is 10.9. The van der Waals surface area contributed by atoms with Crippen LogP contribution >= 0.6 is 24.8 Å². The normalized spacial score (nSPS) is 10.4. The zero-order valence-corrected chi connectivity index (χ0v) is 13.0. The summed E-state index contributed by atoms with van der Waals surface area (Å²) in [7, 11) is 0. The molecule has 0 aliphatic heterocycles. The van der Waals surface area contributed by atoms with Crippen LogP contribution in [0.25, 0.3) is 11.1 Å². The van der Waals surface area contributed by atoms with Crippen LogP contribution in [0.2, 0.25) is 0 Å². The van der Waals surface area contributed by atoms with Crippen LogP contribution < -0.4 is 11.5 Å². The second-order valence-corrected chi connectivity index (χ2v) is 4.33. The van der Waals surface area contributed by atoms with Gasteiger partial charge in [0.25, 0.3) is 5.69 Å². The highest BCUT2D eigenvalue weighted by Gasteiger charge is 2.38. The van der Waals surface area contributed by atoms with Crippen LogP contribution in [0.5, 0.6) is 0 Å². The first-order chi connectivity index (χ1) is 9.70. The molecule has 0 aliphatic carbocycles. The fourth-order valence-corrected chi connectivity index (χ4v) is 1.91. The highest BCUT2D eigenvalue weighted by molar-refractivity contribution is 5.85. The van der Waals surface area contributed by atoms with Gasteiger partial charge in [-0.3, -0.25) is 10.1 Å². The molecule has 2 aromatic carbocycles. The van der Waals surface area contributed by atoms with E-state index in [0.717, 1.165) is 12.1 Å². The molecule has 0 spiro atoms. The molecule has 10 heteroatoms. The van der Waals surface area contributed by atoms with Crippen LogP contribution in [-0.4, -0.2) is 4.92 Å². The lowest BCUT2D eigenvalue weighted by molar-refractivity contribution is -0.388. The minimum absolute atomic E-state index is 0. The van der Waals surface area contributed by atoms with E-state index >= 15 is 0 Å². The number of nitro benzene ring substituents is 1. The van der Waals surface area contributed by atoms with Crippen molar-refractivity contribution in [2.45, 2.75) is 6.18 Å². The van der Waals surface area contributed by atoms with Crippen LogP contribution in [-0.2, 0) is 6.18 Å². The van der Waals surface area contributed by atoms with Gasteiger partial charge >= 0.3 is 6.18 Å². The fraction of sp³-hybridized carbons (Fsp3) is 0.0769. The molecular weight excluding hydrogens is 358 g/mol. The van der Waals surface area contributed by atoms with Crippen molar-refractivity contribution in [3.05, 3.63) is 52.1 Å². The molecule has 2 rings (SSSR count). The Morgan fingerprint density at radius 1 is 1.00 bits per heavy atom. The minimum Gasteiger partial charge on any atom is -0.399 e. The van der Waals surface area contributed by atoms with E-state index in [9.17, 15) is 23.3 Å². The lowest BCUT2D eigenvalue weighted by Gasteiger charge is -2.11. The van der Waals surface area contributed by atoms with E-state index in [1.54, 1.807) is 0 Å². The summed E-state index contributed by atoms with van der Waals surface area (Å²) < 4.78 is 38.2. The first kappa shape index (κ1) is 20.8. The Hall–Kier alpha value is -2.19. The largest absolute Gasteiger partial charge is 0.422 e. The van der Waals surface area contributed by atoms with Crippen molar-refractivity contribution in [2.75, 3.05) is 11.5 Å². The lowest BCUT2D eigenvalue weighted by Crippen LogP contribution is -2.09. The predicted octanol–water partition coefficient (Wildman–Crippen LogP) is 4.29. The fourth-order valence-electron chi connectivity index (χ4n) is 1.91. The van der Waals surface area contributed by atoms with Gasteiger partial charge in [0.1, 0.15) is 5.56 Å². The summed E-state index contributed by atoms with van der Waals surface area (Å²) in [6.45, 7) is 0. The zero-order valence-electron chi connectivity index (χ0n) is 11.3. The molecule has 0 saturated heterocycles.